The summed E-state index contributed by atoms with van der Waals surface area (Å²) in [7, 11) is 1.59. The summed E-state index contributed by atoms with van der Waals surface area (Å²) >= 11 is 0. The maximum absolute atomic E-state index is 13.7. The molecule has 0 unspecified atom stereocenters. The maximum Gasteiger partial charge on any atom is 0.405 e. The first-order valence-electron chi connectivity index (χ1n) is 10.7. The minimum Gasteiger partial charge on any atom is -0.345 e. The molecule has 10 heteroatoms. The summed E-state index contributed by atoms with van der Waals surface area (Å²) in [6, 6.07) is 12.0. The van der Waals surface area contributed by atoms with Crippen molar-refractivity contribution in [1.82, 2.24) is 19.1 Å². The summed E-state index contributed by atoms with van der Waals surface area (Å²) in [5.41, 5.74) is 2.10. The van der Waals surface area contributed by atoms with E-state index in [1.54, 1.807) is 25.4 Å². The van der Waals surface area contributed by atoms with E-state index >= 15 is 0 Å². The molecule has 1 fully saturated rings. The number of hydrogen-bond acceptors (Lipinski definition) is 5. The Balaban J connectivity index is 1.70. The summed E-state index contributed by atoms with van der Waals surface area (Å²) in [6.45, 7) is -1.30. The van der Waals surface area contributed by atoms with E-state index in [-0.39, 0.29) is 17.2 Å². The topological polar surface area (TPSA) is 81.8 Å². The van der Waals surface area contributed by atoms with Crippen molar-refractivity contribution < 1.29 is 13.2 Å². The highest BCUT2D eigenvalue weighted by Crippen LogP contribution is 2.40. The Bertz CT molecular complexity index is 1500. The maximum atomic E-state index is 13.7. The van der Waals surface area contributed by atoms with Crippen LogP contribution in [0.2, 0.25) is 0 Å². The van der Waals surface area contributed by atoms with Gasteiger partial charge in [0, 0.05) is 42.0 Å². The molecule has 1 aliphatic carbocycles. The second-order valence-corrected chi connectivity index (χ2v) is 8.37. The van der Waals surface area contributed by atoms with Gasteiger partial charge in [-0.05, 0) is 48.6 Å². The molecule has 34 heavy (non-hydrogen) atoms. The zero-order valence-corrected chi connectivity index (χ0v) is 18.1. The Morgan fingerprint density at radius 3 is 2.47 bits per heavy atom. The molecule has 0 aliphatic heterocycles. The van der Waals surface area contributed by atoms with Crippen LogP contribution in [-0.4, -0.2) is 31.8 Å². The summed E-state index contributed by atoms with van der Waals surface area (Å²) in [4.78, 5) is 33.7. The number of benzene rings is 1. The Kier molecular flexibility index (Phi) is 5.22. The molecule has 1 N–H and O–H groups in total. The van der Waals surface area contributed by atoms with Crippen molar-refractivity contribution in [2.24, 2.45) is 7.05 Å². The third-order valence-corrected chi connectivity index (χ3v) is 5.78. The van der Waals surface area contributed by atoms with Gasteiger partial charge in [-0.15, -0.1) is 0 Å². The predicted octanol–water partition coefficient (Wildman–Crippen LogP) is 4.00. The van der Waals surface area contributed by atoms with Gasteiger partial charge in [0.2, 0.25) is 11.5 Å². The molecule has 0 amide bonds. The fourth-order valence-electron chi connectivity index (χ4n) is 3.87. The average Bonchev–Trinajstić information content (AvgIpc) is 3.64. The van der Waals surface area contributed by atoms with Crippen LogP contribution < -0.4 is 16.4 Å². The van der Waals surface area contributed by atoms with E-state index in [1.807, 2.05) is 24.3 Å². The van der Waals surface area contributed by atoms with Crippen LogP contribution in [0.5, 0.6) is 0 Å². The minimum atomic E-state index is -4.44. The normalized spacial score (nSPS) is 13.9. The molecule has 0 radical (unpaired) electrons. The van der Waals surface area contributed by atoms with Gasteiger partial charge in [0.15, 0.2) is 5.65 Å². The molecule has 0 bridgehead atoms. The van der Waals surface area contributed by atoms with Gasteiger partial charge in [0.25, 0.3) is 5.56 Å². The molecule has 0 spiro atoms. The number of hydrogen-bond donors (Lipinski definition) is 1. The molecule has 1 aliphatic rings. The van der Waals surface area contributed by atoms with Gasteiger partial charge >= 0.3 is 6.18 Å². The largest absolute Gasteiger partial charge is 0.405 e. The van der Waals surface area contributed by atoms with Crippen molar-refractivity contribution in [2.45, 2.75) is 24.9 Å². The van der Waals surface area contributed by atoms with Crippen LogP contribution in [-0.2, 0) is 7.05 Å². The summed E-state index contributed by atoms with van der Waals surface area (Å²) in [6.07, 6.45) is 0.758. The number of aromatic nitrogens is 4. The number of aryl methyl sites for hydroxylation is 1. The molecule has 4 aromatic rings. The lowest BCUT2D eigenvalue weighted by atomic mass is 10.1. The highest BCUT2D eigenvalue weighted by atomic mass is 19.4. The molecule has 1 aromatic carbocycles. The van der Waals surface area contributed by atoms with Gasteiger partial charge in [-0.25, -0.2) is 4.98 Å². The van der Waals surface area contributed by atoms with E-state index in [1.165, 1.54) is 27.0 Å². The van der Waals surface area contributed by atoms with Crippen molar-refractivity contribution in [1.29, 1.82) is 0 Å². The molecule has 0 atom stereocenters. The smallest absolute Gasteiger partial charge is 0.345 e. The van der Waals surface area contributed by atoms with Crippen LogP contribution in [0.25, 0.3) is 27.8 Å². The summed E-state index contributed by atoms with van der Waals surface area (Å²) in [5.74, 6) is 0.294. The quantitative estimate of drug-likeness (QED) is 0.480. The van der Waals surface area contributed by atoms with Crippen LogP contribution in [0.3, 0.4) is 0 Å². The van der Waals surface area contributed by atoms with Crippen LogP contribution in [0.1, 0.15) is 24.3 Å². The molecular formula is C24H20F3N5O2. The molecule has 0 saturated heterocycles. The summed E-state index contributed by atoms with van der Waals surface area (Å²) < 4.78 is 40.8. The molecule has 1 saturated carbocycles. The van der Waals surface area contributed by atoms with Crippen LogP contribution in [0, 0.1) is 0 Å². The van der Waals surface area contributed by atoms with Gasteiger partial charge < -0.3 is 9.88 Å². The number of pyridine rings is 2. The zero-order valence-electron chi connectivity index (χ0n) is 18.1. The van der Waals surface area contributed by atoms with E-state index in [4.69, 9.17) is 0 Å². The first-order chi connectivity index (χ1) is 16.2. The molecule has 174 valence electrons. The van der Waals surface area contributed by atoms with Gasteiger partial charge in [-0.3, -0.25) is 14.2 Å². The zero-order chi connectivity index (χ0) is 24.0. The van der Waals surface area contributed by atoms with Crippen LogP contribution >= 0.6 is 0 Å². The standard InChI is InChI=1S/C24H20F3N5O2/c1-31-12-16(6-9-20(31)33)19-10-17-11-28-23(29-13-24(25,26)27)30-21(17)32(22(19)34)18-7-4-15(5-8-18)14-2-3-14/h4-12,14H,2-3,13H2,1H3,(H,28,29,30). The number of fused-ring (bicyclic) bond motifs is 1. The predicted molar refractivity (Wildman–Crippen MR) is 122 cm³/mol. The van der Waals surface area contributed by atoms with Crippen LogP contribution in [0.4, 0.5) is 19.1 Å². The summed E-state index contributed by atoms with van der Waals surface area (Å²) in [5, 5.41) is 2.63. The van der Waals surface area contributed by atoms with Gasteiger partial charge in [0.05, 0.1) is 5.69 Å². The monoisotopic (exact) mass is 467 g/mol. The van der Waals surface area contributed by atoms with E-state index in [0.29, 0.717) is 28.1 Å². The Hall–Kier alpha value is -3.95. The number of rotatable bonds is 5. The number of anilines is 1. The van der Waals surface area contributed by atoms with E-state index in [2.05, 4.69) is 15.3 Å². The number of halogens is 3. The third kappa shape index (κ3) is 4.30. The van der Waals surface area contributed by atoms with Crippen molar-refractivity contribution in [2.75, 3.05) is 11.9 Å². The first kappa shape index (κ1) is 21.9. The lowest BCUT2D eigenvalue weighted by Crippen LogP contribution is -2.24. The van der Waals surface area contributed by atoms with Gasteiger partial charge in [-0.2, -0.15) is 18.2 Å². The van der Waals surface area contributed by atoms with Crippen molar-refractivity contribution >= 4 is 17.0 Å². The van der Waals surface area contributed by atoms with E-state index < -0.39 is 18.3 Å². The molecule has 3 aromatic heterocycles. The minimum absolute atomic E-state index is 0.178. The number of nitrogens with one attached hydrogen (secondary N) is 1. The SMILES string of the molecule is Cn1cc(-c2cc3cnc(NCC(F)(F)F)nc3n(-c3ccc(C4CC4)cc3)c2=O)ccc1=O. The van der Waals surface area contributed by atoms with Crippen molar-refractivity contribution in [3.63, 3.8) is 0 Å². The average molecular weight is 467 g/mol. The lowest BCUT2D eigenvalue weighted by Gasteiger charge is -2.15. The Morgan fingerprint density at radius 1 is 1.09 bits per heavy atom. The van der Waals surface area contributed by atoms with Crippen LogP contribution in [0.15, 0.2) is 64.4 Å². The fraction of sp³-hybridized carbons (Fsp3) is 0.250. The van der Waals surface area contributed by atoms with Crippen molar-refractivity contribution in [3.05, 3.63) is 81.1 Å². The highest BCUT2D eigenvalue weighted by molar-refractivity contribution is 5.83. The molecule has 7 nitrogen and oxygen atoms in total. The second-order valence-electron chi connectivity index (χ2n) is 8.37. The Morgan fingerprint density at radius 2 is 1.82 bits per heavy atom. The van der Waals surface area contributed by atoms with E-state index in [0.717, 1.165) is 12.8 Å². The number of alkyl halides is 3. The molecular weight excluding hydrogens is 447 g/mol. The molecule has 5 rings (SSSR count). The third-order valence-electron chi connectivity index (χ3n) is 5.78. The van der Waals surface area contributed by atoms with E-state index in [9.17, 15) is 22.8 Å². The molecule has 3 heterocycles. The lowest BCUT2D eigenvalue weighted by molar-refractivity contribution is -0.115. The first-order valence-corrected chi connectivity index (χ1v) is 10.7. The fourth-order valence-corrected chi connectivity index (χ4v) is 3.87. The van der Waals surface area contributed by atoms with Crippen molar-refractivity contribution in [3.8, 4) is 16.8 Å². The van der Waals surface area contributed by atoms with Gasteiger partial charge in [0.1, 0.15) is 6.54 Å². The highest BCUT2D eigenvalue weighted by Gasteiger charge is 2.27. The second kappa shape index (κ2) is 8.12. The number of nitrogens with zero attached hydrogens (tertiary/aromatic N) is 4. The van der Waals surface area contributed by atoms with Gasteiger partial charge in [-0.1, -0.05) is 12.1 Å². The Labute approximate surface area is 191 Å².